The Balaban J connectivity index is 0. The topological polar surface area (TPSA) is 35.5 Å². The normalized spacial score (nSPS) is 11.4. The Kier molecular flexibility index (Phi) is 12.6. The minimum Gasteiger partial charge on any atom is -0.432 e. The Hall–Kier alpha value is -0.730. The molecule has 0 aliphatic carbocycles. The zero-order valence-electron chi connectivity index (χ0n) is 11.0. The lowest BCUT2D eigenvalue weighted by Gasteiger charge is -2.13. The molecule has 0 heterocycles. The van der Waals surface area contributed by atoms with Crippen LogP contribution in [0.5, 0.6) is 0 Å². The van der Waals surface area contributed by atoms with Crippen LogP contribution in [0.15, 0.2) is 0 Å². The van der Waals surface area contributed by atoms with Crippen LogP contribution < -0.4 is 0 Å². The Morgan fingerprint density at radius 2 is 1.67 bits per heavy atom. The highest BCUT2D eigenvalue weighted by Crippen LogP contribution is 2.05. The average Bonchev–Trinajstić information content (AvgIpc) is 2.16. The van der Waals surface area contributed by atoms with Crippen molar-refractivity contribution in [1.82, 2.24) is 0 Å². The second-order valence-electron chi connectivity index (χ2n) is 3.49. The van der Waals surface area contributed by atoms with Crippen LogP contribution >= 0.6 is 0 Å². The van der Waals surface area contributed by atoms with Crippen molar-refractivity contribution < 1.29 is 14.3 Å². The van der Waals surface area contributed by atoms with Crippen molar-refractivity contribution in [3.05, 3.63) is 0 Å². The van der Waals surface area contributed by atoms with Gasteiger partial charge in [0, 0.05) is 0 Å². The summed E-state index contributed by atoms with van der Waals surface area (Å²) in [6.45, 7) is 11.6. The molecule has 92 valence electrons. The van der Waals surface area contributed by atoms with E-state index in [9.17, 15) is 4.79 Å². The fraction of sp³-hybridized carbons (Fsp3) is 0.917. The SMILES string of the molecule is CC.CCCCC(C)OC(=O)OC(C)C. The van der Waals surface area contributed by atoms with Crippen LogP contribution in [0, 0.1) is 0 Å². The Labute approximate surface area is 94.1 Å². The minimum absolute atomic E-state index is 0.0359. The molecule has 0 spiro atoms. The number of hydrogen-bond donors (Lipinski definition) is 0. The summed E-state index contributed by atoms with van der Waals surface area (Å²) in [5.74, 6) is 0. The fourth-order valence-corrected chi connectivity index (χ4v) is 0.935. The zero-order chi connectivity index (χ0) is 12.3. The molecule has 0 radical (unpaired) electrons. The van der Waals surface area contributed by atoms with E-state index in [4.69, 9.17) is 9.47 Å². The summed E-state index contributed by atoms with van der Waals surface area (Å²) in [6, 6.07) is 0. The number of hydrogen-bond acceptors (Lipinski definition) is 3. The van der Waals surface area contributed by atoms with Gasteiger partial charge in [-0.05, 0) is 27.2 Å². The van der Waals surface area contributed by atoms with Crippen LogP contribution in [-0.2, 0) is 9.47 Å². The third-order valence-electron chi connectivity index (χ3n) is 1.59. The van der Waals surface area contributed by atoms with Gasteiger partial charge >= 0.3 is 6.16 Å². The van der Waals surface area contributed by atoms with Crippen molar-refractivity contribution in [2.45, 2.75) is 73.0 Å². The molecule has 0 aliphatic heterocycles. The van der Waals surface area contributed by atoms with Crippen molar-refractivity contribution in [3.63, 3.8) is 0 Å². The van der Waals surface area contributed by atoms with Gasteiger partial charge in [0.2, 0.25) is 0 Å². The maximum absolute atomic E-state index is 11.0. The Morgan fingerprint density at radius 1 is 1.13 bits per heavy atom. The van der Waals surface area contributed by atoms with E-state index in [0.29, 0.717) is 0 Å². The first-order valence-electron chi connectivity index (χ1n) is 5.93. The molecule has 0 saturated heterocycles. The minimum atomic E-state index is -0.557. The van der Waals surface area contributed by atoms with Gasteiger partial charge in [0.1, 0.15) is 6.10 Å². The highest BCUT2D eigenvalue weighted by atomic mass is 16.7. The monoisotopic (exact) mass is 218 g/mol. The van der Waals surface area contributed by atoms with Crippen LogP contribution in [0.1, 0.15) is 60.8 Å². The highest BCUT2D eigenvalue weighted by molar-refractivity contribution is 5.60. The lowest BCUT2D eigenvalue weighted by molar-refractivity contribution is 0.00951. The van der Waals surface area contributed by atoms with E-state index in [2.05, 4.69) is 6.92 Å². The standard InChI is InChI=1S/C10H20O3.C2H6/c1-5-6-7-9(4)13-10(11)12-8(2)3;1-2/h8-9H,5-7H2,1-4H3;1-2H3. The molecule has 1 atom stereocenters. The fourth-order valence-electron chi connectivity index (χ4n) is 0.935. The second-order valence-corrected chi connectivity index (χ2v) is 3.49. The van der Waals surface area contributed by atoms with Gasteiger partial charge in [-0.1, -0.05) is 33.6 Å². The van der Waals surface area contributed by atoms with Crippen molar-refractivity contribution in [2.75, 3.05) is 0 Å². The van der Waals surface area contributed by atoms with Crippen LogP contribution in [0.25, 0.3) is 0 Å². The van der Waals surface area contributed by atoms with Crippen molar-refractivity contribution in [2.24, 2.45) is 0 Å². The second kappa shape index (κ2) is 11.3. The molecule has 0 aliphatic rings. The van der Waals surface area contributed by atoms with Crippen LogP contribution in [0.3, 0.4) is 0 Å². The van der Waals surface area contributed by atoms with E-state index >= 15 is 0 Å². The first kappa shape index (κ1) is 16.7. The Bertz CT molecular complexity index is 144. The lowest BCUT2D eigenvalue weighted by atomic mass is 10.2. The molecular formula is C12H26O3. The molecular weight excluding hydrogens is 192 g/mol. The number of carbonyl (C=O) groups excluding carboxylic acids is 1. The first-order chi connectivity index (χ1) is 7.06. The van der Waals surface area contributed by atoms with Crippen molar-refractivity contribution >= 4 is 6.16 Å². The molecule has 15 heavy (non-hydrogen) atoms. The van der Waals surface area contributed by atoms with Gasteiger partial charge in [-0.25, -0.2) is 4.79 Å². The largest absolute Gasteiger partial charge is 0.508 e. The van der Waals surface area contributed by atoms with E-state index in [1.807, 2.05) is 20.8 Å². The van der Waals surface area contributed by atoms with Gasteiger partial charge in [0.25, 0.3) is 0 Å². The first-order valence-corrected chi connectivity index (χ1v) is 5.93. The maximum Gasteiger partial charge on any atom is 0.508 e. The van der Waals surface area contributed by atoms with E-state index in [0.717, 1.165) is 19.3 Å². The molecule has 1 unspecified atom stereocenters. The summed E-state index contributed by atoms with van der Waals surface area (Å²) in [7, 11) is 0. The summed E-state index contributed by atoms with van der Waals surface area (Å²) in [4.78, 5) is 11.0. The van der Waals surface area contributed by atoms with Gasteiger partial charge in [-0.2, -0.15) is 0 Å². The number of unbranched alkanes of at least 4 members (excludes halogenated alkanes) is 1. The van der Waals surface area contributed by atoms with Crippen molar-refractivity contribution in [3.8, 4) is 0 Å². The summed E-state index contributed by atoms with van der Waals surface area (Å²) in [5.41, 5.74) is 0. The molecule has 0 amide bonds. The van der Waals surface area contributed by atoms with E-state index < -0.39 is 6.16 Å². The highest BCUT2D eigenvalue weighted by Gasteiger charge is 2.11. The summed E-state index contributed by atoms with van der Waals surface area (Å²) < 4.78 is 9.84. The predicted octanol–water partition coefficient (Wildman–Crippen LogP) is 4.15. The smallest absolute Gasteiger partial charge is 0.432 e. The molecule has 0 N–H and O–H groups in total. The lowest BCUT2D eigenvalue weighted by Crippen LogP contribution is -2.18. The summed E-state index contributed by atoms with van der Waals surface area (Å²) in [6.07, 6.45) is 2.41. The third kappa shape index (κ3) is 13.3. The molecule has 0 aromatic rings. The summed E-state index contributed by atoms with van der Waals surface area (Å²) >= 11 is 0. The van der Waals surface area contributed by atoms with Gasteiger partial charge < -0.3 is 9.47 Å². The van der Waals surface area contributed by atoms with Crippen LogP contribution in [0.4, 0.5) is 4.79 Å². The Morgan fingerprint density at radius 3 is 2.07 bits per heavy atom. The maximum atomic E-state index is 11.0. The number of rotatable bonds is 5. The van der Waals surface area contributed by atoms with Gasteiger partial charge in [-0.3, -0.25) is 0 Å². The van der Waals surface area contributed by atoms with E-state index in [1.54, 1.807) is 13.8 Å². The molecule has 3 heteroatoms. The van der Waals surface area contributed by atoms with Gasteiger partial charge in [-0.15, -0.1) is 0 Å². The van der Waals surface area contributed by atoms with Gasteiger partial charge in [0.05, 0.1) is 6.10 Å². The predicted molar refractivity (Wildman–Crippen MR) is 63.0 cm³/mol. The zero-order valence-corrected chi connectivity index (χ0v) is 11.0. The molecule has 0 bridgehead atoms. The number of carbonyl (C=O) groups is 1. The van der Waals surface area contributed by atoms with Gasteiger partial charge in [0.15, 0.2) is 0 Å². The van der Waals surface area contributed by atoms with Crippen molar-refractivity contribution in [1.29, 1.82) is 0 Å². The quantitative estimate of drug-likeness (QED) is 0.650. The van der Waals surface area contributed by atoms with Crippen LogP contribution in [-0.4, -0.2) is 18.4 Å². The molecule has 0 aromatic carbocycles. The molecule has 0 aromatic heterocycles. The summed E-state index contributed by atoms with van der Waals surface area (Å²) in [5, 5.41) is 0. The van der Waals surface area contributed by atoms with E-state index in [1.165, 1.54) is 0 Å². The molecule has 3 nitrogen and oxygen atoms in total. The average molecular weight is 218 g/mol. The number of ether oxygens (including phenoxy) is 2. The van der Waals surface area contributed by atoms with Crippen LogP contribution in [0.2, 0.25) is 0 Å². The third-order valence-corrected chi connectivity index (χ3v) is 1.59. The molecule has 0 fully saturated rings. The van der Waals surface area contributed by atoms with E-state index in [-0.39, 0.29) is 12.2 Å². The molecule has 0 saturated carbocycles. The molecule has 0 rings (SSSR count).